The third-order valence-corrected chi connectivity index (χ3v) is 6.69. The van der Waals surface area contributed by atoms with E-state index in [1.54, 1.807) is 16.7 Å². The first kappa shape index (κ1) is 18.4. The fourth-order valence-electron chi connectivity index (χ4n) is 3.59. The van der Waals surface area contributed by atoms with Crippen LogP contribution in [0, 0.1) is 12.8 Å². The van der Waals surface area contributed by atoms with Gasteiger partial charge in [0.05, 0.1) is 24.2 Å². The number of rotatable bonds is 6. The fraction of sp³-hybridized carbons (Fsp3) is 0.476. The van der Waals surface area contributed by atoms with Gasteiger partial charge in [-0.05, 0) is 60.6 Å². The Kier molecular flexibility index (Phi) is 4.72. The van der Waals surface area contributed by atoms with Crippen molar-refractivity contribution >= 4 is 9.84 Å². The molecule has 1 aliphatic heterocycles. The molecule has 0 spiro atoms. The normalized spacial score (nSPS) is 17.7. The van der Waals surface area contributed by atoms with Gasteiger partial charge in [0.25, 0.3) is 5.56 Å². The number of benzene rings is 1. The molecule has 2 heterocycles. The highest BCUT2D eigenvalue weighted by atomic mass is 32.2. The smallest absolute Gasteiger partial charge is 0.253 e. The molecule has 0 unspecified atom stereocenters. The lowest BCUT2D eigenvalue weighted by Crippen LogP contribution is -2.37. The van der Waals surface area contributed by atoms with Crippen molar-refractivity contribution < 1.29 is 13.2 Å². The van der Waals surface area contributed by atoms with Crippen LogP contribution in [0.4, 0.5) is 0 Å². The molecule has 1 aromatic heterocycles. The van der Waals surface area contributed by atoms with Gasteiger partial charge >= 0.3 is 0 Å². The standard InChI is InChI=1S/C21H25NO4S/c1-14-9-17(11-22(21(14)23)18-12-26-13-18)20-10-19(27(2,24)25)8-7-16(20)6-5-15-3-4-15/h7-11,15,18H,3-6,12-13H2,1-2H3. The van der Waals surface area contributed by atoms with Crippen LogP contribution in [0.2, 0.25) is 0 Å². The van der Waals surface area contributed by atoms with Crippen LogP contribution in [0.3, 0.4) is 0 Å². The summed E-state index contributed by atoms with van der Waals surface area (Å²) in [6.45, 7) is 2.90. The molecule has 0 N–H and O–H groups in total. The quantitative estimate of drug-likeness (QED) is 0.764. The molecule has 2 fully saturated rings. The number of aromatic nitrogens is 1. The van der Waals surface area contributed by atoms with Gasteiger partial charge in [-0.15, -0.1) is 0 Å². The molecule has 6 heteroatoms. The van der Waals surface area contributed by atoms with E-state index in [2.05, 4.69) is 0 Å². The zero-order valence-electron chi connectivity index (χ0n) is 15.8. The van der Waals surface area contributed by atoms with Crippen molar-refractivity contribution in [3.63, 3.8) is 0 Å². The van der Waals surface area contributed by atoms with Crippen molar-refractivity contribution in [3.8, 4) is 11.1 Å². The highest BCUT2D eigenvalue weighted by Gasteiger charge is 2.24. The molecular formula is C21H25NO4S. The number of pyridine rings is 1. The molecule has 144 valence electrons. The van der Waals surface area contributed by atoms with E-state index in [4.69, 9.17) is 4.74 Å². The van der Waals surface area contributed by atoms with E-state index in [1.165, 1.54) is 19.1 Å². The van der Waals surface area contributed by atoms with Crippen molar-refractivity contribution in [2.75, 3.05) is 19.5 Å². The highest BCUT2D eigenvalue weighted by Crippen LogP contribution is 2.36. The topological polar surface area (TPSA) is 65.4 Å². The molecule has 0 atom stereocenters. The summed E-state index contributed by atoms with van der Waals surface area (Å²) >= 11 is 0. The summed E-state index contributed by atoms with van der Waals surface area (Å²) in [5.41, 5.74) is 3.61. The largest absolute Gasteiger partial charge is 0.377 e. The Morgan fingerprint density at radius 2 is 1.93 bits per heavy atom. The third kappa shape index (κ3) is 3.87. The predicted molar refractivity (Wildman–Crippen MR) is 105 cm³/mol. The highest BCUT2D eigenvalue weighted by molar-refractivity contribution is 7.90. The van der Waals surface area contributed by atoms with Gasteiger partial charge in [0.1, 0.15) is 0 Å². The molecule has 2 aliphatic rings. The van der Waals surface area contributed by atoms with Crippen LogP contribution in [0.25, 0.3) is 11.1 Å². The van der Waals surface area contributed by atoms with Crippen LogP contribution in [0.15, 0.2) is 40.2 Å². The number of hydrogen-bond acceptors (Lipinski definition) is 4. The van der Waals surface area contributed by atoms with Crippen LogP contribution in [-0.4, -0.2) is 32.5 Å². The molecule has 1 aliphatic carbocycles. The second-order valence-corrected chi connectivity index (χ2v) is 9.90. The molecule has 4 rings (SSSR count). The summed E-state index contributed by atoms with van der Waals surface area (Å²) in [7, 11) is -3.30. The Morgan fingerprint density at radius 1 is 1.19 bits per heavy atom. The van der Waals surface area contributed by atoms with Gasteiger partial charge in [-0.1, -0.05) is 18.9 Å². The SMILES string of the molecule is Cc1cc(-c2cc(S(C)(=O)=O)ccc2CCC2CC2)cn(C2COC2)c1=O. The Labute approximate surface area is 159 Å². The second-order valence-electron chi connectivity index (χ2n) is 7.89. The number of nitrogens with zero attached hydrogens (tertiary/aromatic N) is 1. The number of hydrogen-bond donors (Lipinski definition) is 0. The van der Waals surface area contributed by atoms with Gasteiger partial charge in [0.15, 0.2) is 9.84 Å². The molecule has 1 aromatic carbocycles. The first-order valence-electron chi connectivity index (χ1n) is 9.47. The minimum absolute atomic E-state index is 0.00847. The van der Waals surface area contributed by atoms with Crippen molar-refractivity contribution in [3.05, 3.63) is 51.9 Å². The molecule has 0 radical (unpaired) electrons. The van der Waals surface area contributed by atoms with Gasteiger partial charge in [-0.2, -0.15) is 0 Å². The Balaban J connectivity index is 1.82. The Hall–Kier alpha value is -1.92. The maximum absolute atomic E-state index is 12.5. The number of aryl methyl sites for hydroxylation is 2. The van der Waals surface area contributed by atoms with Gasteiger partial charge < -0.3 is 9.30 Å². The molecule has 27 heavy (non-hydrogen) atoms. The summed E-state index contributed by atoms with van der Waals surface area (Å²) in [4.78, 5) is 12.8. The summed E-state index contributed by atoms with van der Waals surface area (Å²) in [5, 5.41) is 0. The number of ether oxygens (including phenoxy) is 1. The second kappa shape index (κ2) is 6.91. The van der Waals surface area contributed by atoms with E-state index in [1.807, 2.05) is 25.3 Å². The van der Waals surface area contributed by atoms with Crippen LogP contribution in [0.5, 0.6) is 0 Å². The third-order valence-electron chi connectivity index (χ3n) is 5.58. The van der Waals surface area contributed by atoms with Gasteiger partial charge in [0.2, 0.25) is 0 Å². The lowest BCUT2D eigenvalue weighted by molar-refractivity contribution is -0.0248. The minimum Gasteiger partial charge on any atom is -0.377 e. The van der Waals surface area contributed by atoms with Crippen molar-refractivity contribution in [1.82, 2.24) is 4.57 Å². The van der Waals surface area contributed by atoms with E-state index in [0.717, 1.165) is 35.4 Å². The molecule has 0 bridgehead atoms. The van der Waals surface area contributed by atoms with Crippen LogP contribution in [0.1, 0.15) is 36.4 Å². The van der Waals surface area contributed by atoms with Crippen molar-refractivity contribution in [1.29, 1.82) is 0 Å². The van der Waals surface area contributed by atoms with E-state index < -0.39 is 9.84 Å². The van der Waals surface area contributed by atoms with Crippen LogP contribution < -0.4 is 5.56 Å². The summed E-state index contributed by atoms with van der Waals surface area (Å²) < 4.78 is 31.2. The monoisotopic (exact) mass is 387 g/mol. The lowest BCUT2D eigenvalue weighted by atomic mass is 9.96. The molecule has 5 nitrogen and oxygen atoms in total. The average molecular weight is 388 g/mol. The maximum Gasteiger partial charge on any atom is 0.253 e. The minimum atomic E-state index is -3.30. The van der Waals surface area contributed by atoms with E-state index in [-0.39, 0.29) is 11.6 Å². The Morgan fingerprint density at radius 3 is 2.52 bits per heavy atom. The van der Waals surface area contributed by atoms with Gasteiger partial charge in [-0.3, -0.25) is 4.79 Å². The zero-order chi connectivity index (χ0) is 19.2. The molecule has 2 aromatic rings. The van der Waals surface area contributed by atoms with Crippen LogP contribution in [-0.2, 0) is 21.0 Å². The first-order chi connectivity index (χ1) is 12.8. The average Bonchev–Trinajstić information content (AvgIpc) is 3.38. The zero-order valence-corrected chi connectivity index (χ0v) is 16.6. The lowest BCUT2D eigenvalue weighted by Gasteiger charge is -2.29. The molecule has 0 amide bonds. The summed E-state index contributed by atoms with van der Waals surface area (Å²) in [6.07, 6.45) is 7.73. The van der Waals surface area contributed by atoms with Gasteiger partial charge in [-0.25, -0.2) is 8.42 Å². The molecule has 1 saturated heterocycles. The maximum atomic E-state index is 12.5. The fourth-order valence-corrected chi connectivity index (χ4v) is 4.23. The molecule has 1 saturated carbocycles. The van der Waals surface area contributed by atoms with Crippen molar-refractivity contribution in [2.45, 2.75) is 43.5 Å². The summed E-state index contributed by atoms with van der Waals surface area (Å²) in [5.74, 6) is 0.801. The Bertz CT molecular complexity index is 1030. The van der Waals surface area contributed by atoms with E-state index >= 15 is 0 Å². The van der Waals surface area contributed by atoms with E-state index in [0.29, 0.717) is 23.7 Å². The first-order valence-corrected chi connectivity index (χ1v) is 11.4. The predicted octanol–water partition coefficient (Wildman–Crippen LogP) is 3.14. The van der Waals surface area contributed by atoms with Crippen molar-refractivity contribution in [2.24, 2.45) is 5.92 Å². The van der Waals surface area contributed by atoms with E-state index in [9.17, 15) is 13.2 Å². The van der Waals surface area contributed by atoms with Gasteiger partial charge in [0, 0.05) is 18.0 Å². The molecular weight excluding hydrogens is 362 g/mol. The summed E-state index contributed by atoms with van der Waals surface area (Å²) in [6, 6.07) is 7.33. The van der Waals surface area contributed by atoms with Crippen LogP contribution >= 0.6 is 0 Å². The number of sulfone groups is 1.